The minimum absolute atomic E-state index is 0.270. The summed E-state index contributed by atoms with van der Waals surface area (Å²) in [5, 5.41) is 5.28. The van der Waals surface area contributed by atoms with Crippen molar-refractivity contribution in [2.75, 3.05) is 14.2 Å². The number of methoxy groups -OCH3 is 2. The summed E-state index contributed by atoms with van der Waals surface area (Å²) in [7, 11) is -0.723. The number of fused-ring (bicyclic) bond motifs is 3. The minimum Gasteiger partial charge on any atom is -0.496 e. The maximum Gasteiger partial charge on any atom is 0.305 e. The van der Waals surface area contributed by atoms with Gasteiger partial charge in [0.2, 0.25) is 10.0 Å². The zero-order chi connectivity index (χ0) is 23.6. The predicted molar refractivity (Wildman–Crippen MR) is 124 cm³/mol. The van der Waals surface area contributed by atoms with E-state index in [1.165, 1.54) is 7.11 Å². The maximum atomic E-state index is 11.7. The van der Waals surface area contributed by atoms with Crippen LogP contribution in [0.25, 0.3) is 11.1 Å². The molecule has 1 aliphatic rings. The Labute approximate surface area is 193 Å². The molecule has 4 rings (SSSR count). The van der Waals surface area contributed by atoms with Gasteiger partial charge in [-0.1, -0.05) is 48.5 Å². The van der Waals surface area contributed by atoms with Gasteiger partial charge in [0, 0.05) is 12.0 Å². The molecule has 0 fully saturated rings. The summed E-state index contributed by atoms with van der Waals surface area (Å²) in [5.74, 6) is 0.794. The van der Waals surface area contributed by atoms with Crippen molar-refractivity contribution in [3.8, 4) is 22.6 Å². The van der Waals surface area contributed by atoms with Crippen LogP contribution in [0.2, 0.25) is 0 Å². The Balaban J connectivity index is 1.80. The second-order valence-electron chi connectivity index (χ2n) is 7.88. The standard InChI is InChI=1S/C25H25NO6S/c1-30-21-7-4-8-22-24(21)19-11-9-17(15-33(26,28)29)14-20(19)25(32-22)18-6-3-5-16(13-18)10-12-23(27)31-2/h3-9,11,13-14,25H,10,12,15H2,1-2H3,(H2,26,28,29). The van der Waals surface area contributed by atoms with Crippen molar-refractivity contribution < 1.29 is 27.4 Å². The first-order valence-corrected chi connectivity index (χ1v) is 12.1. The van der Waals surface area contributed by atoms with E-state index < -0.39 is 16.1 Å². The first-order valence-electron chi connectivity index (χ1n) is 10.4. The van der Waals surface area contributed by atoms with Gasteiger partial charge in [-0.3, -0.25) is 4.79 Å². The second-order valence-corrected chi connectivity index (χ2v) is 9.50. The quantitative estimate of drug-likeness (QED) is 0.531. The van der Waals surface area contributed by atoms with Crippen molar-refractivity contribution in [2.45, 2.75) is 24.7 Å². The van der Waals surface area contributed by atoms with Crippen molar-refractivity contribution in [2.24, 2.45) is 5.14 Å². The summed E-state index contributed by atoms with van der Waals surface area (Å²) in [6.07, 6.45) is 0.342. The Bertz CT molecular complexity index is 1300. The van der Waals surface area contributed by atoms with Crippen LogP contribution in [0.5, 0.6) is 11.5 Å². The number of nitrogens with two attached hydrogens (primary N) is 1. The molecule has 3 aromatic carbocycles. The van der Waals surface area contributed by atoms with Gasteiger partial charge in [0.25, 0.3) is 0 Å². The fourth-order valence-electron chi connectivity index (χ4n) is 4.12. The van der Waals surface area contributed by atoms with Crippen LogP contribution in [0.1, 0.15) is 34.8 Å². The van der Waals surface area contributed by atoms with Crippen molar-refractivity contribution in [3.05, 3.63) is 82.9 Å². The largest absolute Gasteiger partial charge is 0.496 e. The highest BCUT2D eigenvalue weighted by Crippen LogP contribution is 2.49. The van der Waals surface area contributed by atoms with Gasteiger partial charge in [0.1, 0.15) is 17.6 Å². The third kappa shape index (κ3) is 5.02. The van der Waals surface area contributed by atoms with Crippen molar-refractivity contribution >= 4 is 16.0 Å². The Kier molecular flexibility index (Phi) is 6.40. The molecule has 33 heavy (non-hydrogen) atoms. The monoisotopic (exact) mass is 467 g/mol. The van der Waals surface area contributed by atoms with E-state index in [2.05, 4.69) is 0 Å². The average molecular weight is 468 g/mol. The van der Waals surface area contributed by atoms with Crippen molar-refractivity contribution in [3.63, 3.8) is 0 Å². The summed E-state index contributed by atoms with van der Waals surface area (Å²) in [6.45, 7) is 0. The van der Waals surface area contributed by atoms with E-state index in [0.717, 1.165) is 27.8 Å². The molecule has 1 heterocycles. The van der Waals surface area contributed by atoms with E-state index in [9.17, 15) is 13.2 Å². The summed E-state index contributed by atoms with van der Waals surface area (Å²) < 4.78 is 40.1. The molecule has 1 unspecified atom stereocenters. The molecule has 2 N–H and O–H groups in total. The molecule has 0 aliphatic carbocycles. The molecule has 0 aromatic heterocycles. The summed E-state index contributed by atoms with van der Waals surface area (Å²) >= 11 is 0. The number of hydrogen-bond acceptors (Lipinski definition) is 6. The van der Waals surface area contributed by atoms with E-state index in [1.807, 2.05) is 54.6 Å². The Morgan fingerprint density at radius 1 is 1.03 bits per heavy atom. The van der Waals surface area contributed by atoms with E-state index in [-0.39, 0.29) is 18.1 Å². The van der Waals surface area contributed by atoms with E-state index >= 15 is 0 Å². The average Bonchev–Trinajstić information content (AvgIpc) is 2.80. The van der Waals surface area contributed by atoms with Crippen molar-refractivity contribution in [1.29, 1.82) is 0 Å². The zero-order valence-electron chi connectivity index (χ0n) is 18.4. The van der Waals surface area contributed by atoms with Crippen molar-refractivity contribution in [1.82, 2.24) is 0 Å². The van der Waals surface area contributed by atoms with Crippen LogP contribution < -0.4 is 14.6 Å². The molecule has 0 saturated carbocycles. The summed E-state index contributed by atoms with van der Waals surface area (Å²) in [4.78, 5) is 11.6. The zero-order valence-corrected chi connectivity index (χ0v) is 19.2. The molecule has 1 aliphatic heterocycles. The van der Waals surface area contributed by atoms with Gasteiger partial charge >= 0.3 is 5.97 Å². The summed E-state index contributed by atoms with van der Waals surface area (Å²) in [5.41, 5.74) is 4.97. The third-order valence-corrected chi connectivity index (χ3v) is 6.32. The molecule has 0 spiro atoms. The van der Waals surface area contributed by atoms with Crippen LogP contribution in [0.15, 0.2) is 60.7 Å². The topological polar surface area (TPSA) is 105 Å². The number of hydrogen-bond donors (Lipinski definition) is 1. The summed E-state index contributed by atoms with van der Waals surface area (Å²) in [6, 6.07) is 18.9. The van der Waals surface area contributed by atoms with Gasteiger partial charge in [-0.2, -0.15) is 0 Å². The highest BCUT2D eigenvalue weighted by Gasteiger charge is 2.30. The number of rotatable bonds is 7. The van der Waals surface area contributed by atoms with Gasteiger partial charge in [-0.25, -0.2) is 13.6 Å². The normalized spacial score (nSPS) is 14.6. The van der Waals surface area contributed by atoms with Crippen LogP contribution in [0.4, 0.5) is 0 Å². The predicted octanol–water partition coefficient (Wildman–Crippen LogP) is 3.74. The highest BCUT2D eigenvalue weighted by molar-refractivity contribution is 7.88. The molecule has 1 atom stereocenters. The number of carbonyl (C=O) groups is 1. The number of sulfonamides is 1. The molecular formula is C25H25NO6S. The van der Waals surface area contributed by atoms with E-state index in [0.29, 0.717) is 23.5 Å². The minimum atomic E-state index is -3.69. The lowest BCUT2D eigenvalue weighted by Gasteiger charge is -2.30. The fourth-order valence-corrected chi connectivity index (χ4v) is 4.77. The Morgan fingerprint density at radius 2 is 1.82 bits per heavy atom. The lowest BCUT2D eigenvalue weighted by atomic mass is 9.87. The molecule has 0 amide bonds. The number of esters is 1. The smallest absolute Gasteiger partial charge is 0.305 e. The third-order valence-electron chi connectivity index (χ3n) is 5.59. The van der Waals surface area contributed by atoms with Crippen LogP contribution in [0.3, 0.4) is 0 Å². The first-order chi connectivity index (χ1) is 15.8. The van der Waals surface area contributed by atoms with Crippen LogP contribution >= 0.6 is 0 Å². The molecule has 0 radical (unpaired) electrons. The van der Waals surface area contributed by atoms with Crippen LogP contribution in [-0.4, -0.2) is 28.6 Å². The molecule has 7 nitrogen and oxygen atoms in total. The lowest BCUT2D eigenvalue weighted by Crippen LogP contribution is -2.18. The second kappa shape index (κ2) is 9.25. The highest BCUT2D eigenvalue weighted by atomic mass is 32.2. The van der Waals surface area contributed by atoms with E-state index in [1.54, 1.807) is 13.2 Å². The number of aryl methyl sites for hydroxylation is 1. The number of primary sulfonamides is 1. The number of benzene rings is 3. The molecule has 0 bridgehead atoms. The van der Waals surface area contributed by atoms with Gasteiger partial charge in [-0.05, 0) is 40.8 Å². The molecular weight excluding hydrogens is 442 g/mol. The van der Waals surface area contributed by atoms with Crippen LogP contribution in [-0.2, 0) is 31.7 Å². The number of ether oxygens (including phenoxy) is 3. The first kappa shape index (κ1) is 22.8. The number of carbonyl (C=O) groups excluding carboxylic acids is 1. The van der Waals surface area contributed by atoms with Gasteiger partial charge in [0.05, 0.1) is 25.5 Å². The molecule has 3 aromatic rings. The molecule has 8 heteroatoms. The fraction of sp³-hybridized carbons (Fsp3) is 0.240. The SMILES string of the molecule is COC(=O)CCc1cccc(C2Oc3cccc(OC)c3-c3ccc(CS(N)(=O)=O)cc32)c1. The van der Waals surface area contributed by atoms with E-state index in [4.69, 9.17) is 19.3 Å². The van der Waals surface area contributed by atoms with Crippen LogP contribution in [0, 0.1) is 0 Å². The lowest BCUT2D eigenvalue weighted by molar-refractivity contribution is -0.140. The Hall–Kier alpha value is -3.36. The maximum absolute atomic E-state index is 11.7. The van der Waals surface area contributed by atoms with Gasteiger partial charge in [0.15, 0.2) is 0 Å². The van der Waals surface area contributed by atoms with Gasteiger partial charge < -0.3 is 14.2 Å². The van der Waals surface area contributed by atoms with Gasteiger partial charge in [-0.15, -0.1) is 0 Å². The molecule has 172 valence electrons. The molecule has 0 saturated heterocycles. The Morgan fingerprint density at radius 3 is 2.55 bits per heavy atom.